The fourth-order valence-corrected chi connectivity index (χ4v) is 8.97. The molecule has 0 fully saturated rings. The minimum Gasteiger partial charge on any atom is -0.309 e. The Labute approximate surface area is 337 Å². The SMILES string of the molecule is CC1(C)c2ccccc2-c2ccc(-c3cccc(-c4cccc5c6ccccc6n(-c6ccc(-c7nc(-c8ccccc8)nc(-c8ccccc8)n7)cc6)c45)c3)cc21. The average Bonchev–Trinajstić information content (AvgIpc) is 3.75. The van der Waals surface area contributed by atoms with Gasteiger partial charge >= 0.3 is 0 Å². The Hall–Kier alpha value is -7.43. The van der Waals surface area contributed by atoms with Gasteiger partial charge in [0.25, 0.3) is 0 Å². The zero-order valence-electron chi connectivity index (χ0n) is 32.3. The van der Waals surface area contributed by atoms with E-state index in [1.807, 2.05) is 60.7 Å². The van der Waals surface area contributed by atoms with Crippen LogP contribution in [-0.4, -0.2) is 19.5 Å². The summed E-state index contributed by atoms with van der Waals surface area (Å²) in [6.45, 7) is 4.69. The molecule has 1 aliphatic rings. The molecule has 0 N–H and O–H groups in total. The van der Waals surface area contributed by atoms with Crippen molar-refractivity contribution in [2.24, 2.45) is 0 Å². The number of aromatic nitrogens is 4. The van der Waals surface area contributed by atoms with E-state index in [4.69, 9.17) is 15.0 Å². The zero-order valence-corrected chi connectivity index (χ0v) is 32.3. The number of benzene rings is 8. The van der Waals surface area contributed by atoms with Crippen LogP contribution in [0, 0.1) is 0 Å². The smallest absolute Gasteiger partial charge is 0.164 e. The van der Waals surface area contributed by atoms with Crippen molar-refractivity contribution in [2.45, 2.75) is 19.3 Å². The Kier molecular flexibility index (Phi) is 7.80. The average molecular weight is 743 g/mol. The first-order valence-electron chi connectivity index (χ1n) is 19.9. The highest BCUT2D eigenvalue weighted by Crippen LogP contribution is 2.49. The molecular weight excluding hydrogens is 705 g/mol. The topological polar surface area (TPSA) is 43.6 Å². The molecule has 2 aromatic heterocycles. The third kappa shape index (κ3) is 5.48. The van der Waals surface area contributed by atoms with Gasteiger partial charge in [0.15, 0.2) is 17.5 Å². The fourth-order valence-electron chi connectivity index (χ4n) is 8.97. The minimum absolute atomic E-state index is 0.0560. The molecule has 274 valence electrons. The molecular formula is C54H38N4. The van der Waals surface area contributed by atoms with Crippen LogP contribution in [-0.2, 0) is 5.41 Å². The largest absolute Gasteiger partial charge is 0.309 e. The van der Waals surface area contributed by atoms with Crippen LogP contribution >= 0.6 is 0 Å². The maximum absolute atomic E-state index is 4.99. The minimum atomic E-state index is -0.0560. The summed E-state index contributed by atoms with van der Waals surface area (Å²) in [6.07, 6.45) is 0. The molecule has 0 saturated heterocycles. The molecule has 10 aromatic rings. The Morgan fingerprint density at radius 1 is 0.362 bits per heavy atom. The molecule has 11 rings (SSSR count). The second kappa shape index (κ2) is 13.4. The summed E-state index contributed by atoms with van der Waals surface area (Å²) in [5, 5.41) is 2.44. The first-order valence-corrected chi connectivity index (χ1v) is 19.9. The predicted octanol–water partition coefficient (Wildman–Crippen LogP) is 13.6. The summed E-state index contributed by atoms with van der Waals surface area (Å²) in [5.74, 6) is 1.94. The van der Waals surface area contributed by atoms with Crippen molar-refractivity contribution >= 4 is 21.8 Å². The Morgan fingerprint density at radius 2 is 0.862 bits per heavy atom. The first-order chi connectivity index (χ1) is 28.5. The van der Waals surface area contributed by atoms with Gasteiger partial charge in [-0.2, -0.15) is 0 Å². The molecule has 0 amide bonds. The lowest BCUT2D eigenvalue weighted by molar-refractivity contribution is 0.660. The number of rotatable bonds is 6. The van der Waals surface area contributed by atoms with Crippen molar-refractivity contribution in [3.05, 3.63) is 205 Å². The van der Waals surface area contributed by atoms with E-state index >= 15 is 0 Å². The summed E-state index contributed by atoms with van der Waals surface area (Å²) in [7, 11) is 0. The van der Waals surface area contributed by atoms with E-state index in [0.29, 0.717) is 17.5 Å². The Balaban J connectivity index is 1.02. The Morgan fingerprint density at radius 3 is 1.59 bits per heavy atom. The molecule has 0 unspecified atom stereocenters. The van der Waals surface area contributed by atoms with E-state index in [-0.39, 0.29) is 5.41 Å². The van der Waals surface area contributed by atoms with Gasteiger partial charge in [0.1, 0.15) is 0 Å². The quantitative estimate of drug-likeness (QED) is 0.170. The molecule has 8 aromatic carbocycles. The highest BCUT2D eigenvalue weighted by atomic mass is 15.0. The molecule has 0 saturated carbocycles. The molecule has 4 nitrogen and oxygen atoms in total. The van der Waals surface area contributed by atoms with Gasteiger partial charge in [0, 0.05) is 44.1 Å². The van der Waals surface area contributed by atoms with Crippen molar-refractivity contribution in [1.82, 2.24) is 19.5 Å². The van der Waals surface area contributed by atoms with E-state index < -0.39 is 0 Å². The number of hydrogen-bond acceptors (Lipinski definition) is 3. The molecule has 0 spiro atoms. The normalized spacial score (nSPS) is 12.8. The second-order valence-electron chi connectivity index (χ2n) is 15.7. The summed E-state index contributed by atoms with van der Waals surface area (Å²) in [5.41, 5.74) is 16.4. The fraction of sp³-hybridized carbons (Fsp3) is 0.0556. The number of para-hydroxylation sites is 2. The van der Waals surface area contributed by atoms with Crippen LogP contribution in [0.25, 0.3) is 95.0 Å². The van der Waals surface area contributed by atoms with Gasteiger partial charge in [-0.3, -0.25) is 0 Å². The third-order valence-electron chi connectivity index (χ3n) is 11.9. The predicted molar refractivity (Wildman–Crippen MR) is 239 cm³/mol. The molecule has 58 heavy (non-hydrogen) atoms. The molecule has 0 radical (unpaired) electrons. The van der Waals surface area contributed by atoms with Gasteiger partial charge in [-0.1, -0.05) is 166 Å². The molecule has 0 aliphatic heterocycles. The summed E-state index contributed by atoms with van der Waals surface area (Å²) in [6, 6.07) is 69.1. The maximum atomic E-state index is 4.99. The van der Waals surface area contributed by atoms with Crippen molar-refractivity contribution in [2.75, 3.05) is 0 Å². The van der Waals surface area contributed by atoms with Gasteiger partial charge in [-0.15, -0.1) is 0 Å². The van der Waals surface area contributed by atoms with Crippen LogP contribution in [0.15, 0.2) is 194 Å². The van der Waals surface area contributed by atoms with Crippen molar-refractivity contribution in [3.63, 3.8) is 0 Å². The van der Waals surface area contributed by atoms with E-state index in [9.17, 15) is 0 Å². The van der Waals surface area contributed by atoms with Crippen molar-refractivity contribution in [1.29, 1.82) is 0 Å². The lowest BCUT2D eigenvalue weighted by Gasteiger charge is -2.22. The van der Waals surface area contributed by atoms with Gasteiger partial charge in [0.2, 0.25) is 0 Å². The number of hydrogen-bond donors (Lipinski definition) is 0. The lowest BCUT2D eigenvalue weighted by Crippen LogP contribution is -2.14. The highest BCUT2D eigenvalue weighted by Gasteiger charge is 2.35. The van der Waals surface area contributed by atoms with E-state index in [1.165, 1.54) is 60.8 Å². The summed E-state index contributed by atoms with van der Waals surface area (Å²) < 4.78 is 2.41. The summed E-state index contributed by atoms with van der Waals surface area (Å²) >= 11 is 0. The van der Waals surface area contributed by atoms with Crippen LogP contribution in [0.1, 0.15) is 25.0 Å². The van der Waals surface area contributed by atoms with Gasteiger partial charge in [-0.05, 0) is 81.4 Å². The lowest BCUT2D eigenvalue weighted by atomic mass is 9.81. The first kappa shape index (κ1) is 33.9. The van der Waals surface area contributed by atoms with E-state index in [2.05, 4.69) is 152 Å². The number of fused-ring (bicyclic) bond motifs is 6. The van der Waals surface area contributed by atoms with Crippen molar-refractivity contribution in [3.8, 4) is 73.2 Å². The maximum Gasteiger partial charge on any atom is 0.164 e. The van der Waals surface area contributed by atoms with Crippen LogP contribution in [0.2, 0.25) is 0 Å². The van der Waals surface area contributed by atoms with Crippen LogP contribution in [0.3, 0.4) is 0 Å². The zero-order chi connectivity index (χ0) is 38.8. The second-order valence-corrected chi connectivity index (χ2v) is 15.7. The molecule has 4 heteroatoms. The molecule has 0 bridgehead atoms. The van der Waals surface area contributed by atoms with Crippen LogP contribution < -0.4 is 0 Å². The highest BCUT2D eigenvalue weighted by molar-refractivity contribution is 6.14. The van der Waals surface area contributed by atoms with Crippen LogP contribution in [0.4, 0.5) is 0 Å². The van der Waals surface area contributed by atoms with Crippen molar-refractivity contribution < 1.29 is 0 Å². The number of nitrogens with zero attached hydrogens (tertiary/aromatic N) is 4. The Bertz CT molecular complexity index is 3120. The van der Waals surface area contributed by atoms with Gasteiger partial charge in [0.05, 0.1) is 11.0 Å². The van der Waals surface area contributed by atoms with Crippen LogP contribution in [0.5, 0.6) is 0 Å². The summed E-state index contributed by atoms with van der Waals surface area (Å²) in [4.78, 5) is 14.9. The van der Waals surface area contributed by atoms with E-state index in [0.717, 1.165) is 27.9 Å². The van der Waals surface area contributed by atoms with Gasteiger partial charge < -0.3 is 4.57 Å². The molecule has 2 heterocycles. The van der Waals surface area contributed by atoms with Gasteiger partial charge in [-0.25, -0.2) is 15.0 Å². The standard InChI is InChI=1S/C54H38N4/c1-54(2)47-25-11-9-21-43(47)44-32-29-39(34-48(44)54)38-19-13-20-40(33-38)42-23-14-24-46-45-22-10-12-26-49(45)58(50(42)46)41-30-27-37(28-31-41)53-56-51(35-15-5-3-6-16-35)55-52(57-53)36-17-7-4-8-18-36/h3-34H,1-2H3. The van der Waals surface area contributed by atoms with E-state index in [1.54, 1.807) is 0 Å². The molecule has 1 aliphatic carbocycles. The molecule has 0 atom stereocenters. The monoisotopic (exact) mass is 742 g/mol. The third-order valence-corrected chi connectivity index (χ3v) is 11.9.